The van der Waals surface area contributed by atoms with Gasteiger partial charge >= 0.3 is 12.0 Å². The molecule has 5 nitrogen and oxygen atoms in total. The van der Waals surface area contributed by atoms with Gasteiger partial charge in [-0.05, 0) is 24.7 Å². The maximum absolute atomic E-state index is 11.4. The van der Waals surface area contributed by atoms with Gasteiger partial charge in [-0.15, -0.1) is 0 Å². The number of rotatable bonds is 5. The standard InChI is InChI=1S/C10H18N2O3/c1-3-10(4-5-10)7-11-9(15)12(2)6-8(13)14/h3-7H2,1-2H3,(H,11,15)(H,13,14). The SMILES string of the molecule is CCC1(CNC(=O)N(C)CC(=O)O)CC1. The predicted molar refractivity (Wildman–Crippen MR) is 55.6 cm³/mol. The number of carbonyl (C=O) groups is 2. The highest BCUT2D eigenvalue weighted by Gasteiger charge is 2.40. The van der Waals surface area contributed by atoms with E-state index in [1.807, 2.05) is 0 Å². The number of nitrogens with one attached hydrogen (secondary N) is 1. The summed E-state index contributed by atoms with van der Waals surface area (Å²) in [5.41, 5.74) is 0.291. The first-order valence-corrected chi connectivity index (χ1v) is 5.20. The van der Waals surface area contributed by atoms with Crippen molar-refractivity contribution in [2.24, 2.45) is 5.41 Å². The van der Waals surface area contributed by atoms with Gasteiger partial charge in [0.2, 0.25) is 0 Å². The highest BCUT2D eigenvalue weighted by atomic mass is 16.4. The number of hydrogen-bond acceptors (Lipinski definition) is 2. The molecule has 0 aromatic heterocycles. The van der Waals surface area contributed by atoms with Crippen LogP contribution in [0.15, 0.2) is 0 Å². The minimum atomic E-state index is -0.996. The number of nitrogens with zero attached hydrogens (tertiary/aromatic N) is 1. The highest BCUT2D eigenvalue weighted by molar-refractivity contribution is 5.79. The minimum absolute atomic E-state index is 0.259. The van der Waals surface area contributed by atoms with Crippen molar-refractivity contribution in [2.75, 3.05) is 20.1 Å². The molecule has 0 aliphatic heterocycles. The van der Waals surface area contributed by atoms with Crippen molar-refractivity contribution >= 4 is 12.0 Å². The van der Waals surface area contributed by atoms with Crippen LogP contribution in [0, 0.1) is 5.41 Å². The van der Waals surface area contributed by atoms with Crippen LogP contribution in [-0.4, -0.2) is 42.1 Å². The van der Waals surface area contributed by atoms with Crippen molar-refractivity contribution in [2.45, 2.75) is 26.2 Å². The molecule has 1 aliphatic rings. The van der Waals surface area contributed by atoms with Crippen molar-refractivity contribution in [3.05, 3.63) is 0 Å². The van der Waals surface area contributed by atoms with Crippen LogP contribution in [0.1, 0.15) is 26.2 Å². The molecular formula is C10H18N2O3. The Morgan fingerprint density at radius 3 is 2.47 bits per heavy atom. The molecule has 1 saturated carbocycles. The summed E-state index contributed by atoms with van der Waals surface area (Å²) < 4.78 is 0. The molecule has 15 heavy (non-hydrogen) atoms. The lowest BCUT2D eigenvalue weighted by atomic mass is 10.0. The Morgan fingerprint density at radius 1 is 1.47 bits per heavy atom. The van der Waals surface area contributed by atoms with Crippen LogP contribution < -0.4 is 5.32 Å². The molecule has 1 rings (SSSR count). The molecule has 0 radical (unpaired) electrons. The van der Waals surface area contributed by atoms with Gasteiger partial charge in [0.1, 0.15) is 6.54 Å². The number of hydrogen-bond donors (Lipinski definition) is 2. The third-order valence-electron chi connectivity index (χ3n) is 3.04. The van der Waals surface area contributed by atoms with Crippen LogP contribution in [0.3, 0.4) is 0 Å². The second-order valence-corrected chi connectivity index (χ2v) is 4.26. The maximum atomic E-state index is 11.4. The summed E-state index contributed by atoms with van der Waals surface area (Å²) in [6.07, 6.45) is 3.38. The monoisotopic (exact) mass is 214 g/mol. The number of carboxylic acids is 1. The van der Waals surface area contributed by atoms with Crippen molar-refractivity contribution in [1.29, 1.82) is 0 Å². The lowest BCUT2D eigenvalue weighted by molar-refractivity contribution is -0.137. The molecule has 2 amide bonds. The molecule has 1 fully saturated rings. The summed E-state index contributed by atoms with van der Waals surface area (Å²) in [4.78, 5) is 23.0. The van der Waals surface area contributed by atoms with E-state index in [0.29, 0.717) is 12.0 Å². The molecular weight excluding hydrogens is 196 g/mol. The van der Waals surface area contributed by atoms with Gasteiger partial charge in [0.05, 0.1) is 0 Å². The second-order valence-electron chi connectivity index (χ2n) is 4.26. The molecule has 2 N–H and O–H groups in total. The van der Waals surface area contributed by atoms with Crippen LogP contribution in [-0.2, 0) is 4.79 Å². The number of carbonyl (C=O) groups excluding carboxylic acids is 1. The number of carboxylic acid groups (broad SMARTS) is 1. The van der Waals surface area contributed by atoms with Gasteiger partial charge in [-0.3, -0.25) is 4.79 Å². The third kappa shape index (κ3) is 3.42. The Morgan fingerprint density at radius 2 is 2.07 bits per heavy atom. The molecule has 0 atom stereocenters. The van der Waals surface area contributed by atoms with Crippen molar-refractivity contribution in [1.82, 2.24) is 10.2 Å². The smallest absolute Gasteiger partial charge is 0.323 e. The van der Waals surface area contributed by atoms with Gasteiger partial charge in [-0.25, -0.2) is 4.79 Å². The molecule has 0 aromatic carbocycles. The first-order chi connectivity index (χ1) is 6.99. The Labute approximate surface area is 89.4 Å². The Bertz CT molecular complexity index is 261. The van der Waals surface area contributed by atoms with E-state index < -0.39 is 5.97 Å². The third-order valence-corrected chi connectivity index (χ3v) is 3.04. The Hall–Kier alpha value is -1.26. The van der Waals surface area contributed by atoms with Crippen LogP contribution in [0.25, 0.3) is 0 Å². The summed E-state index contributed by atoms with van der Waals surface area (Å²) in [6, 6.07) is -0.308. The molecule has 5 heteroatoms. The molecule has 0 bridgehead atoms. The van der Waals surface area contributed by atoms with Crippen LogP contribution >= 0.6 is 0 Å². The topological polar surface area (TPSA) is 69.6 Å². The maximum Gasteiger partial charge on any atom is 0.323 e. The van der Waals surface area contributed by atoms with Gasteiger partial charge in [0, 0.05) is 13.6 Å². The van der Waals surface area contributed by atoms with E-state index >= 15 is 0 Å². The summed E-state index contributed by atoms with van der Waals surface area (Å²) >= 11 is 0. The zero-order valence-electron chi connectivity index (χ0n) is 9.25. The average molecular weight is 214 g/mol. The van der Waals surface area contributed by atoms with E-state index in [9.17, 15) is 9.59 Å². The van der Waals surface area contributed by atoms with Crippen molar-refractivity contribution in [3.63, 3.8) is 0 Å². The average Bonchev–Trinajstić information content (AvgIpc) is 2.94. The van der Waals surface area contributed by atoms with E-state index in [0.717, 1.165) is 19.3 Å². The van der Waals surface area contributed by atoms with E-state index in [2.05, 4.69) is 12.2 Å². The quantitative estimate of drug-likeness (QED) is 0.714. The number of aliphatic carboxylic acids is 1. The fourth-order valence-corrected chi connectivity index (χ4v) is 1.50. The van der Waals surface area contributed by atoms with E-state index in [1.165, 1.54) is 11.9 Å². The molecule has 86 valence electrons. The number of urea groups is 1. The predicted octanol–water partition coefficient (Wildman–Crippen LogP) is 0.903. The van der Waals surface area contributed by atoms with E-state index in [-0.39, 0.29) is 12.6 Å². The molecule has 1 aliphatic carbocycles. The van der Waals surface area contributed by atoms with Crippen LogP contribution in [0.5, 0.6) is 0 Å². The normalized spacial score (nSPS) is 16.9. The molecule has 0 saturated heterocycles. The molecule has 0 spiro atoms. The van der Waals surface area contributed by atoms with Crippen molar-refractivity contribution in [3.8, 4) is 0 Å². The van der Waals surface area contributed by atoms with Gasteiger partial charge < -0.3 is 15.3 Å². The number of likely N-dealkylation sites (N-methyl/N-ethyl adjacent to an activating group) is 1. The van der Waals surface area contributed by atoms with Gasteiger partial charge in [0.25, 0.3) is 0 Å². The lowest BCUT2D eigenvalue weighted by Gasteiger charge is -2.18. The first kappa shape index (κ1) is 11.8. The van der Waals surface area contributed by atoms with Crippen LogP contribution in [0.4, 0.5) is 4.79 Å². The Kier molecular flexibility index (Phi) is 3.55. The number of amides is 2. The van der Waals surface area contributed by atoms with Crippen LogP contribution in [0.2, 0.25) is 0 Å². The largest absolute Gasteiger partial charge is 0.480 e. The van der Waals surface area contributed by atoms with Gasteiger partial charge in [0.15, 0.2) is 0 Å². The lowest BCUT2D eigenvalue weighted by Crippen LogP contribution is -2.42. The van der Waals surface area contributed by atoms with Gasteiger partial charge in [-0.2, -0.15) is 0 Å². The highest BCUT2D eigenvalue weighted by Crippen LogP contribution is 2.47. The fourth-order valence-electron chi connectivity index (χ4n) is 1.50. The summed E-state index contributed by atoms with van der Waals surface area (Å²) in [5.74, 6) is -0.996. The molecule has 0 unspecified atom stereocenters. The molecule has 0 aromatic rings. The van der Waals surface area contributed by atoms with Gasteiger partial charge in [-0.1, -0.05) is 6.92 Å². The summed E-state index contributed by atoms with van der Waals surface area (Å²) in [5, 5.41) is 11.3. The minimum Gasteiger partial charge on any atom is -0.480 e. The van der Waals surface area contributed by atoms with E-state index in [1.54, 1.807) is 0 Å². The second kappa shape index (κ2) is 4.51. The zero-order valence-corrected chi connectivity index (χ0v) is 9.25. The van der Waals surface area contributed by atoms with E-state index in [4.69, 9.17) is 5.11 Å². The summed E-state index contributed by atoms with van der Waals surface area (Å²) in [7, 11) is 1.48. The Balaban J connectivity index is 2.26. The fraction of sp³-hybridized carbons (Fsp3) is 0.800. The van der Waals surface area contributed by atoms with Crippen molar-refractivity contribution < 1.29 is 14.7 Å². The molecule has 0 heterocycles. The summed E-state index contributed by atoms with van der Waals surface area (Å²) in [6.45, 7) is 2.51. The zero-order chi connectivity index (χ0) is 11.5. The first-order valence-electron chi connectivity index (χ1n) is 5.20.